The summed E-state index contributed by atoms with van der Waals surface area (Å²) >= 11 is 0. The van der Waals surface area contributed by atoms with E-state index in [1.807, 2.05) is 27.2 Å². The zero-order valence-corrected chi connectivity index (χ0v) is 46.9. The van der Waals surface area contributed by atoms with Gasteiger partial charge in [0.15, 0.2) is 0 Å². The van der Waals surface area contributed by atoms with Gasteiger partial charge in [0, 0.05) is 6.42 Å². The number of rotatable bonds is 53. The van der Waals surface area contributed by atoms with E-state index in [0.717, 1.165) is 51.4 Å². The molecule has 0 rings (SSSR count). The summed E-state index contributed by atoms with van der Waals surface area (Å²) in [6.07, 6.45) is 69.0. The van der Waals surface area contributed by atoms with E-state index < -0.39 is 20.0 Å². The second-order valence-electron chi connectivity index (χ2n) is 21.0. The molecule has 0 fully saturated rings. The Balaban J connectivity index is 4.27. The van der Waals surface area contributed by atoms with Crippen LogP contribution < -0.4 is 5.32 Å². The normalized spacial score (nSPS) is 14.4. The highest BCUT2D eigenvalue weighted by Crippen LogP contribution is 2.43. The lowest BCUT2D eigenvalue weighted by molar-refractivity contribution is -0.870. The number of likely N-dealkylation sites (N-methyl/N-ethyl adjacent to an activating group) is 1. The van der Waals surface area contributed by atoms with Crippen LogP contribution in [-0.4, -0.2) is 73.4 Å². The van der Waals surface area contributed by atoms with Gasteiger partial charge in [-0.15, -0.1) is 0 Å². The van der Waals surface area contributed by atoms with E-state index in [1.165, 1.54) is 193 Å². The molecule has 0 aromatic carbocycles. The molecule has 3 N–H and O–H groups in total. The van der Waals surface area contributed by atoms with E-state index in [0.29, 0.717) is 17.4 Å². The van der Waals surface area contributed by atoms with E-state index in [-0.39, 0.29) is 19.1 Å². The predicted molar refractivity (Wildman–Crippen MR) is 300 cm³/mol. The molecule has 0 aliphatic rings. The third-order valence-electron chi connectivity index (χ3n) is 12.9. The molecule has 0 aliphatic carbocycles. The third kappa shape index (κ3) is 53.8. The minimum Gasteiger partial charge on any atom is -0.387 e. The van der Waals surface area contributed by atoms with Crippen LogP contribution in [0.15, 0.2) is 60.8 Å². The molecule has 1 amide bonds. The minimum absolute atomic E-state index is 0.0522. The van der Waals surface area contributed by atoms with Crippen LogP contribution in [0.2, 0.25) is 0 Å². The molecule has 8 nitrogen and oxygen atoms in total. The number of phosphoric ester groups is 1. The number of amides is 1. The van der Waals surface area contributed by atoms with Gasteiger partial charge in [-0.05, 0) is 77.0 Å². The summed E-state index contributed by atoms with van der Waals surface area (Å²) in [5, 5.41) is 13.9. The Morgan fingerprint density at radius 3 is 1.25 bits per heavy atom. The van der Waals surface area contributed by atoms with Gasteiger partial charge in [0.1, 0.15) is 13.2 Å². The number of carbonyl (C=O) groups excluding carboxylic acids is 1. The number of phosphoric acid groups is 1. The van der Waals surface area contributed by atoms with Gasteiger partial charge in [0.2, 0.25) is 5.91 Å². The number of nitrogens with one attached hydrogen (secondary N) is 1. The van der Waals surface area contributed by atoms with Gasteiger partial charge >= 0.3 is 7.82 Å². The number of quaternary nitrogens is 1. The molecular weight excluding hydrogens is 876 g/mol. The van der Waals surface area contributed by atoms with Crippen LogP contribution in [0, 0.1) is 0 Å². The van der Waals surface area contributed by atoms with Crippen molar-refractivity contribution in [3.63, 3.8) is 0 Å². The molecule has 0 bridgehead atoms. The Bertz CT molecular complexity index is 1310. The van der Waals surface area contributed by atoms with Crippen molar-refractivity contribution < 1.29 is 32.9 Å². The van der Waals surface area contributed by atoms with Crippen molar-refractivity contribution in [1.29, 1.82) is 0 Å². The first-order chi connectivity index (χ1) is 33.5. The summed E-state index contributed by atoms with van der Waals surface area (Å²) in [5.41, 5.74) is 0. The van der Waals surface area contributed by atoms with Crippen LogP contribution in [0.4, 0.5) is 0 Å². The van der Waals surface area contributed by atoms with Gasteiger partial charge in [0.05, 0.1) is 39.9 Å². The Kier molecular flexibility index (Phi) is 49.8. The molecule has 69 heavy (non-hydrogen) atoms. The van der Waals surface area contributed by atoms with Crippen molar-refractivity contribution in [3.05, 3.63) is 60.8 Å². The second kappa shape index (κ2) is 51.1. The van der Waals surface area contributed by atoms with Crippen LogP contribution in [0.25, 0.3) is 0 Å². The molecule has 0 saturated heterocycles. The highest BCUT2D eigenvalue weighted by atomic mass is 31.2. The van der Waals surface area contributed by atoms with Gasteiger partial charge in [-0.1, -0.05) is 242 Å². The fourth-order valence-electron chi connectivity index (χ4n) is 8.34. The van der Waals surface area contributed by atoms with Gasteiger partial charge in [-0.25, -0.2) is 4.57 Å². The Hall–Kier alpha value is -1.80. The fourth-order valence-corrected chi connectivity index (χ4v) is 9.08. The van der Waals surface area contributed by atoms with Crippen LogP contribution >= 0.6 is 7.82 Å². The molecule has 0 saturated carbocycles. The van der Waals surface area contributed by atoms with Crippen molar-refractivity contribution in [1.82, 2.24) is 5.32 Å². The maximum atomic E-state index is 13.0. The average molecular weight is 991 g/mol. The SMILES string of the molecule is CCCCCCC/C=C\C/C=C\CCCCCCCCCCCCCCCC(=O)NC(COP(=O)(O)OCC[N+](C)(C)C)C(O)/C=C/CC/C=C/CC/C=C/CCCCCCCCCCCCCC. The van der Waals surface area contributed by atoms with Gasteiger partial charge in [-0.2, -0.15) is 0 Å². The standard InChI is InChI=1S/C60H113N2O6P/c1-6-8-10-12-14-16-18-20-22-24-26-28-30-31-32-34-36-38-40-42-44-46-48-50-52-54-60(64)61-58(57-68-69(65,66)67-56-55-62(3,4)5)59(63)53-51-49-47-45-43-41-39-37-35-33-29-27-25-23-21-19-17-15-13-11-9-7-2/h18,20,24,26,35,37,43,45,51,53,58-59,63H,6-17,19,21-23,25,27-34,36,38-42,44,46-50,52,54-57H2,1-5H3,(H-,61,64,65,66)/p+1/b20-18-,26-24-,37-35+,45-43+,53-51+. The van der Waals surface area contributed by atoms with Crippen molar-refractivity contribution >= 4 is 13.7 Å². The average Bonchev–Trinajstić information content (AvgIpc) is 3.31. The van der Waals surface area contributed by atoms with Crippen molar-refractivity contribution in [2.45, 2.75) is 276 Å². The molecule has 3 unspecified atom stereocenters. The number of aliphatic hydroxyl groups is 1. The summed E-state index contributed by atoms with van der Waals surface area (Å²) < 4.78 is 23.7. The summed E-state index contributed by atoms with van der Waals surface area (Å²) in [7, 11) is 1.55. The number of hydrogen-bond acceptors (Lipinski definition) is 5. The molecular formula is C60H114N2O6P+. The Labute approximate surface area is 428 Å². The maximum absolute atomic E-state index is 13.0. The van der Waals surface area contributed by atoms with Crippen LogP contribution in [0.5, 0.6) is 0 Å². The molecule has 0 radical (unpaired) electrons. The topological polar surface area (TPSA) is 105 Å². The molecule has 3 atom stereocenters. The Morgan fingerprint density at radius 1 is 0.493 bits per heavy atom. The highest BCUT2D eigenvalue weighted by Gasteiger charge is 2.27. The smallest absolute Gasteiger partial charge is 0.387 e. The fraction of sp³-hybridized carbons (Fsp3) is 0.817. The summed E-state index contributed by atoms with van der Waals surface area (Å²) in [6.45, 7) is 4.80. The largest absolute Gasteiger partial charge is 0.472 e. The van der Waals surface area contributed by atoms with Gasteiger partial charge in [0.25, 0.3) is 0 Å². The Morgan fingerprint density at radius 2 is 0.841 bits per heavy atom. The zero-order chi connectivity index (χ0) is 50.6. The number of aliphatic hydroxyl groups excluding tert-OH is 1. The van der Waals surface area contributed by atoms with Crippen LogP contribution in [0.3, 0.4) is 0 Å². The van der Waals surface area contributed by atoms with E-state index in [9.17, 15) is 19.4 Å². The highest BCUT2D eigenvalue weighted by molar-refractivity contribution is 7.47. The first-order valence-corrected chi connectivity index (χ1v) is 30.7. The first-order valence-electron chi connectivity index (χ1n) is 29.2. The number of hydrogen-bond donors (Lipinski definition) is 3. The summed E-state index contributed by atoms with van der Waals surface area (Å²) in [6, 6.07) is -0.873. The molecule has 0 aromatic heterocycles. The van der Waals surface area contributed by atoms with E-state index in [2.05, 4.69) is 67.8 Å². The number of unbranched alkanes of at least 4 members (excludes halogenated alkanes) is 32. The van der Waals surface area contributed by atoms with Gasteiger partial charge in [-0.3, -0.25) is 13.8 Å². The number of allylic oxidation sites excluding steroid dienone is 9. The lowest BCUT2D eigenvalue weighted by Gasteiger charge is -2.25. The van der Waals surface area contributed by atoms with Crippen molar-refractivity contribution in [2.24, 2.45) is 0 Å². The monoisotopic (exact) mass is 990 g/mol. The lowest BCUT2D eigenvalue weighted by atomic mass is 10.0. The van der Waals surface area contributed by atoms with Crippen LogP contribution in [0.1, 0.15) is 264 Å². The number of carbonyl (C=O) groups is 1. The van der Waals surface area contributed by atoms with Crippen LogP contribution in [-0.2, 0) is 18.4 Å². The summed E-state index contributed by atoms with van der Waals surface area (Å²) in [5.74, 6) is -0.191. The van der Waals surface area contributed by atoms with Gasteiger partial charge < -0.3 is 19.8 Å². The van der Waals surface area contributed by atoms with E-state index >= 15 is 0 Å². The maximum Gasteiger partial charge on any atom is 0.472 e. The zero-order valence-electron chi connectivity index (χ0n) is 46.0. The van der Waals surface area contributed by atoms with Crippen molar-refractivity contribution in [3.8, 4) is 0 Å². The second-order valence-corrected chi connectivity index (χ2v) is 22.4. The molecule has 0 aromatic rings. The predicted octanol–water partition coefficient (Wildman–Crippen LogP) is 17.7. The number of nitrogens with zero attached hydrogens (tertiary/aromatic N) is 1. The molecule has 0 heterocycles. The minimum atomic E-state index is -4.36. The molecule has 404 valence electrons. The molecule has 9 heteroatoms. The molecule has 0 aliphatic heterocycles. The quantitative estimate of drug-likeness (QED) is 0.0243. The lowest BCUT2D eigenvalue weighted by Crippen LogP contribution is -2.45. The third-order valence-corrected chi connectivity index (χ3v) is 13.9. The summed E-state index contributed by atoms with van der Waals surface area (Å²) in [4.78, 5) is 23.3. The van der Waals surface area contributed by atoms with Crippen molar-refractivity contribution in [2.75, 3.05) is 40.9 Å². The first kappa shape index (κ1) is 67.2. The van der Waals surface area contributed by atoms with E-state index in [1.54, 1.807) is 6.08 Å². The van der Waals surface area contributed by atoms with E-state index in [4.69, 9.17) is 9.05 Å². The molecule has 0 spiro atoms.